The van der Waals surface area contributed by atoms with E-state index in [9.17, 15) is 14.7 Å². The zero-order valence-electron chi connectivity index (χ0n) is 23.0. The number of anilines is 1. The molecular formula is C31H45N3O3. The Hall–Kier alpha value is -2.63. The van der Waals surface area contributed by atoms with E-state index in [-0.39, 0.29) is 11.8 Å². The predicted molar refractivity (Wildman–Crippen MR) is 150 cm³/mol. The van der Waals surface area contributed by atoms with Gasteiger partial charge in [-0.15, -0.1) is 0 Å². The second-order valence-electron chi connectivity index (χ2n) is 11.5. The average molecular weight is 508 g/mol. The summed E-state index contributed by atoms with van der Waals surface area (Å²) < 4.78 is 0. The summed E-state index contributed by atoms with van der Waals surface area (Å²) in [5.41, 5.74) is 3.13. The number of carboxylic acid groups (broad SMARTS) is 1. The number of aliphatic carboxylic acids is 1. The average Bonchev–Trinajstić information content (AvgIpc) is 3.76. The molecule has 3 fully saturated rings. The number of nitrogens with zero attached hydrogens (tertiary/aromatic N) is 3. The minimum atomic E-state index is -0.913. The normalized spacial score (nSPS) is 26.7. The lowest BCUT2D eigenvalue weighted by Crippen LogP contribution is -2.46. The van der Waals surface area contributed by atoms with Gasteiger partial charge in [-0.2, -0.15) is 5.10 Å². The van der Waals surface area contributed by atoms with Crippen LogP contribution in [0.3, 0.4) is 0 Å². The first-order valence-electron chi connectivity index (χ1n) is 14.4. The van der Waals surface area contributed by atoms with Crippen LogP contribution in [0.1, 0.15) is 102 Å². The number of rotatable bonds is 10. The highest BCUT2D eigenvalue weighted by Gasteiger charge is 2.36. The standard InChI is InChI=1S/C31H45N3O3/c1-5-10-22-11-6-7-16-28(22)33(4)30(35)26-14-8-12-24(19-26)25-13-9-15-27(20-25)34(32-3)29(23-17-18-23)21(2)31(36)37/h9,13,15,20,22-24,26,28H,3,5-8,10-12,14,16-19H2,1-2,4H3,(H,36,37)/b29-21+. The van der Waals surface area contributed by atoms with E-state index in [1.807, 2.05) is 12.1 Å². The molecule has 202 valence electrons. The van der Waals surface area contributed by atoms with E-state index in [4.69, 9.17) is 0 Å². The molecule has 3 aliphatic rings. The van der Waals surface area contributed by atoms with Gasteiger partial charge in [0, 0.05) is 31.6 Å². The summed E-state index contributed by atoms with van der Waals surface area (Å²) >= 11 is 0. The molecule has 0 saturated heterocycles. The molecule has 1 amide bonds. The van der Waals surface area contributed by atoms with Gasteiger partial charge in [0.2, 0.25) is 5.91 Å². The maximum absolute atomic E-state index is 13.7. The molecule has 3 aliphatic carbocycles. The van der Waals surface area contributed by atoms with Gasteiger partial charge in [0.25, 0.3) is 0 Å². The van der Waals surface area contributed by atoms with Crippen molar-refractivity contribution in [1.82, 2.24) is 4.90 Å². The van der Waals surface area contributed by atoms with Crippen LogP contribution < -0.4 is 5.01 Å². The molecule has 0 radical (unpaired) electrons. The maximum Gasteiger partial charge on any atom is 0.333 e. The van der Waals surface area contributed by atoms with E-state index in [1.165, 1.54) is 37.7 Å². The van der Waals surface area contributed by atoms with Crippen LogP contribution in [-0.2, 0) is 9.59 Å². The number of allylic oxidation sites excluding steroid dienone is 1. The van der Waals surface area contributed by atoms with E-state index < -0.39 is 5.97 Å². The van der Waals surface area contributed by atoms with E-state index in [0.717, 1.165) is 56.3 Å². The first kappa shape index (κ1) is 27.4. The van der Waals surface area contributed by atoms with E-state index >= 15 is 0 Å². The van der Waals surface area contributed by atoms with Crippen molar-refractivity contribution in [3.05, 3.63) is 41.1 Å². The Labute approximate surface area is 222 Å². The van der Waals surface area contributed by atoms with Crippen molar-refractivity contribution in [2.75, 3.05) is 12.1 Å². The number of hydrazone groups is 1. The molecular weight excluding hydrogens is 462 g/mol. The van der Waals surface area contributed by atoms with Crippen molar-refractivity contribution in [2.45, 2.75) is 103 Å². The van der Waals surface area contributed by atoms with Gasteiger partial charge in [-0.1, -0.05) is 44.7 Å². The largest absolute Gasteiger partial charge is 0.478 e. The van der Waals surface area contributed by atoms with Crippen LogP contribution in [0.4, 0.5) is 5.69 Å². The Morgan fingerprint density at radius 2 is 1.81 bits per heavy atom. The Balaban J connectivity index is 1.50. The molecule has 0 spiro atoms. The van der Waals surface area contributed by atoms with Crippen molar-refractivity contribution in [3.63, 3.8) is 0 Å². The smallest absolute Gasteiger partial charge is 0.333 e. The van der Waals surface area contributed by atoms with Crippen molar-refractivity contribution in [3.8, 4) is 0 Å². The van der Waals surface area contributed by atoms with Gasteiger partial charge in [0.05, 0.1) is 17.0 Å². The van der Waals surface area contributed by atoms with Crippen molar-refractivity contribution < 1.29 is 14.7 Å². The third-order valence-corrected chi connectivity index (χ3v) is 9.02. The Morgan fingerprint density at radius 3 is 2.49 bits per heavy atom. The quantitative estimate of drug-likeness (QED) is 0.211. The molecule has 0 aliphatic heterocycles. The van der Waals surface area contributed by atoms with Gasteiger partial charge >= 0.3 is 5.97 Å². The van der Waals surface area contributed by atoms with Gasteiger partial charge in [0.15, 0.2) is 0 Å². The fourth-order valence-corrected chi connectivity index (χ4v) is 6.89. The fraction of sp³-hybridized carbons (Fsp3) is 0.645. The number of benzene rings is 1. The Kier molecular flexibility index (Phi) is 9.09. The fourth-order valence-electron chi connectivity index (χ4n) is 6.89. The minimum Gasteiger partial charge on any atom is -0.478 e. The summed E-state index contributed by atoms with van der Waals surface area (Å²) in [7, 11) is 2.05. The van der Waals surface area contributed by atoms with Gasteiger partial charge in [-0.25, -0.2) is 9.80 Å². The van der Waals surface area contributed by atoms with Crippen molar-refractivity contribution >= 4 is 24.3 Å². The zero-order chi connectivity index (χ0) is 26.5. The second-order valence-corrected chi connectivity index (χ2v) is 11.5. The van der Waals surface area contributed by atoms with Crippen molar-refractivity contribution in [1.29, 1.82) is 0 Å². The Bertz CT molecular complexity index is 1010. The third-order valence-electron chi connectivity index (χ3n) is 9.02. The molecule has 4 atom stereocenters. The maximum atomic E-state index is 13.7. The van der Waals surface area contributed by atoms with Crippen LogP contribution in [-0.4, -0.2) is 41.7 Å². The van der Waals surface area contributed by atoms with Crippen LogP contribution in [0, 0.1) is 17.8 Å². The van der Waals surface area contributed by atoms with Crippen LogP contribution in [0.15, 0.2) is 40.6 Å². The molecule has 1 aromatic rings. The van der Waals surface area contributed by atoms with Gasteiger partial charge < -0.3 is 10.0 Å². The molecule has 6 nitrogen and oxygen atoms in total. The predicted octanol–water partition coefficient (Wildman–Crippen LogP) is 6.97. The molecule has 0 aromatic heterocycles. The van der Waals surface area contributed by atoms with E-state index in [1.54, 1.807) is 11.9 Å². The molecule has 4 rings (SSSR count). The van der Waals surface area contributed by atoms with Crippen LogP contribution >= 0.6 is 0 Å². The summed E-state index contributed by atoms with van der Waals surface area (Å²) in [6.45, 7) is 7.68. The lowest BCUT2D eigenvalue weighted by atomic mass is 9.76. The van der Waals surface area contributed by atoms with Crippen LogP contribution in [0.5, 0.6) is 0 Å². The topological polar surface area (TPSA) is 73.2 Å². The molecule has 0 bridgehead atoms. The molecule has 4 unspecified atom stereocenters. The lowest BCUT2D eigenvalue weighted by molar-refractivity contribution is -0.139. The molecule has 1 aromatic carbocycles. The van der Waals surface area contributed by atoms with Gasteiger partial charge in [-0.3, -0.25) is 4.79 Å². The third kappa shape index (κ3) is 6.27. The lowest BCUT2D eigenvalue weighted by Gasteiger charge is -2.40. The molecule has 37 heavy (non-hydrogen) atoms. The van der Waals surface area contributed by atoms with Crippen LogP contribution in [0.25, 0.3) is 0 Å². The minimum absolute atomic E-state index is 0.0708. The first-order valence-corrected chi connectivity index (χ1v) is 14.4. The number of carbonyl (C=O) groups is 2. The molecule has 0 heterocycles. The number of hydrogen-bond donors (Lipinski definition) is 1. The molecule has 6 heteroatoms. The van der Waals surface area contributed by atoms with Crippen molar-refractivity contribution in [2.24, 2.45) is 22.9 Å². The zero-order valence-corrected chi connectivity index (χ0v) is 23.0. The SMILES string of the molecule is C=NN(/C(=C(\C)C(=O)O)C1CC1)c1cccc(C2CCCC(C(=O)N(C)C3CCCCC3CCC)C2)c1. The summed E-state index contributed by atoms with van der Waals surface area (Å²) in [6, 6.07) is 8.67. The molecule has 1 N–H and O–H groups in total. The summed E-state index contributed by atoms with van der Waals surface area (Å²) in [5.74, 6) is 0.664. The van der Waals surface area contributed by atoms with Gasteiger partial charge in [-0.05, 0) is 87.8 Å². The highest BCUT2D eigenvalue weighted by molar-refractivity contribution is 5.88. The summed E-state index contributed by atoms with van der Waals surface area (Å²) in [6.07, 6.45) is 13.2. The van der Waals surface area contributed by atoms with Crippen LogP contribution in [0.2, 0.25) is 0 Å². The number of carboxylic acids is 1. The second kappa shape index (κ2) is 12.3. The summed E-state index contributed by atoms with van der Waals surface area (Å²) in [4.78, 5) is 27.6. The Morgan fingerprint density at radius 1 is 1.05 bits per heavy atom. The van der Waals surface area contributed by atoms with Gasteiger partial charge in [0.1, 0.15) is 0 Å². The van der Waals surface area contributed by atoms with E-state index in [0.29, 0.717) is 29.4 Å². The molecule has 3 saturated carbocycles. The highest BCUT2D eigenvalue weighted by Crippen LogP contribution is 2.43. The number of carbonyl (C=O) groups excluding carboxylic acids is 1. The number of hydrogen-bond acceptors (Lipinski definition) is 4. The highest BCUT2D eigenvalue weighted by atomic mass is 16.4. The number of amides is 1. The van der Waals surface area contributed by atoms with E-state index in [2.05, 4.69) is 42.8 Å². The summed E-state index contributed by atoms with van der Waals surface area (Å²) in [5, 5.41) is 15.6. The first-order chi connectivity index (χ1) is 17.8. The monoisotopic (exact) mass is 507 g/mol.